The Balaban J connectivity index is 1.92. The Morgan fingerprint density at radius 1 is 1.30 bits per heavy atom. The second-order valence-electron chi connectivity index (χ2n) is 6.41. The van der Waals surface area contributed by atoms with Gasteiger partial charge in [0, 0.05) is 12.1 Å². The molecule has 0 aliphatic carbocycles. The first kappa shape index (κ1) is 22.9. The predicted octanol–water partition coefficient (Wildman–Crippen LogP) is 5.98. The summed E-state index contributed by atoms with van der Waals surface area (Å²) in [7, 11) is 0. The van der Waals surface area contributed by atoms with E-state index in [1.54, 1.807) is 6.08 Å². The highest BCUT2D eigenvalue weighted by Crippen LogP contribution is 2.32. The third kappa shape index (κ3) is 5.11. The minimum absolute atomic E-state index is 0.00673. The van der Waals surface area contributed by atoms with Crippen molar-refractivity contribution in [2.45, 2.75) is 26.4 Å². The first-order valence-electron chi connectivity index (χ1n) is 8.82. The molecule has 156 valence electrons. The second kappa shape index (κ2) is 9.60. The maximum absolute atomic E-state index is 12.3. The molecule has 10 heteroatoms. The van der Waals surface area contributed by atoms with Crippen molar-refractivity contribution in [2.24, 2.45) is 4.99 Å². The van der Waals surface area contributed by atoms with Gasteiger partial charge in [0.15, 0.2) is 5.70 Å². The number of benzene rings is 2. The van der Waals surface area contributed by atoms with Gasteiger partial charge < -0.3 is 9.47 Å². The van der Waals surface area contributed by atoms with E-state index < -0.39 is 10.9 Å². The van der Waals surface area contributed by atoms with E-state index in [0.29, 0.717) is 5.56 Å². The SMILES string of the molecule is CCC(C)Oc1c(I)cc(/C=C2\N=C(c3ccc([N+](=O)[O-])cc3Cl)OC2=O)cc1I. The number of non-ortho nitro benzene ring substituents is 1. The maximum atomic E-state index is 12.3. The molecule has 2 aromatic rings. The average molecular weight is 653 g/mol. The van der Waals surface area contributed by atoms with E-state index in [1.807, 2.05) is 19.1 Å². The van der Waals surface area contributed by atoms with Gasteiger partial charge in [0.2, 0.25) is 5.90 Å². The minimum atomic E-state index is -0.621. The van der Waals surface area contributed by atoms with Crippen molar-refractivity contribution in [1.82, 2.24) is 0 Å². The second-order valence-corrected chi connectivity index (χ2v) is 9.14. The van der Waals surface area contributed by atoms with Crippen LogP contribution in [0.25, 0.3) is 6.08 Å². The van der Waals surface area contributed by atoms with Crippen LogP contribution in [0, 0.1) is 17.3 Å². The first-order chi connectivity index (χ1) is 14.2. The quantitative estimate of drug-likeness (QED) is 0.126. The van der Waals surface area contributed by atoms with E-state index in [1.165, 1.54) is 18.2 Å². The van der Waals surface area contributed by atoms with E-state index >= 15 is 0 Å². The average Bonchev–Trinajstić information content (AvgIpc) is 3.04. The Labute approximate surface area is 204 Å². The van der Waals surface area contributed by atoms with Crippen LogP contribution < -0.4 is 4.74 Å². The van der Waals surface area contributed by atoms with Gasteiger partial charge in [-0.25, -0.2) is 9.79 Å². The molecular formula is C20H15ClI2N2O5. The summed E-state index contributed by atoms with van der Waals surface area (Å²) >= 11 is 10.5. The number of ether oxygens (including phenoxy) is 2. The Bertz CT molecular complexity index is 1080. The highest BCUT2D eigenvalue weighted by molar-refractivity contribution is 14.1. The summed E-state index contributed by atoms with van der Waals surface area (Å²) in [4.78, 5) is 26.8. The summed E-state index contributed by atoms with van der Waals surface area (Å²) in [6.45, 7) is 4.07. The van der Waals surface area contributed by atoms with Gasteiger partial charge in [-0.1, -0.05) is 18.5 Å². The molecule has 0 N–H and O–H groups in total. The number of hydrogen-bond acceptors (Lipinski definition) is 6. The third-order valence-electron chi connectivity index (χ3n) is 4.23. The van der Waals surface area contributed by atoms with Crippen LogP contribution in [0.5, 0.6) is 5.75 Å². The molecule has 3 rings (SSSR count). The summed E-state index contributed by atoms with van der Waals surface area (Å²) in [6, 6.07) is 7.66. The lowest BCUT2D eigenvalue weighted by Crippen LogP contribution is -2.11. The van der Waals surface area contributed by atoms with Crippen LogP contribution in [0.15, 0.2) is 41.0 Å². The molecule has 0 amide bonds. The van der Waals surface area contributed by atoms with Crippen molar-refractivity contribution in [3.05, 3.63) is 69.4 Å². The molecule has 0 spiro atoms. The summed E-state index contributed by atoms with van der Waals surface area (Å²) in [5.41, 5.74) is 1.03. The number of esters is 1. The van der Waals surface area contributed by atoms with Crippen molar-refractivity contribution in [1.29, 1.82) is 0 Å². The van der Waals surface area contributed by atoms with E-state index in [-0.39, 0.29) is 28.4 Å². The fourth-order valence-corrected chi connectivity index (χ4v) is 4.86. The zero-order valence-corrected chi connectivity index (χ0v) is 20.9. The van der Waals surface area contributed by atoms with Crippen LogP contribution in [0.2, 0.25) is 5.02 Å². The van der Waals surface area contributed by atoms with Crippen LogP contribution in [-0.2, 0) is 9.53 Å². The van der Waals surface area contributed by atoms with Crippen LogP contribution in [0.3, 0.4) is 0 Å². The standard InChI is InChI=1S/C20H15ClI2N2O5/c1-3-10(2)29-18-15(22)6-11(7-16(18)23)8-17-20(26)30-19(24-17)13-5-4-12(25(27)28)9-14(13)21/h4-10H,3H2,1-2H3/b17-8-. The number of carbonyl (C=O) groups is 1. The molecule has 1 unspecified atom stereocenters. The Morgan fingerprint density at radius 3 is 2.53 bits per heavy atom. The van der Waals surface area contributed by atoms with Gasteiger partial charge in [-0.3, -0.25) is 10.1 Å². The molecule has 1 atom stereocenters. The maximum Gasteiger partial charge on any atom is 0.363 e. The fourth-order valence-electron chi connectivity index (χ4n) is 2.53. The van der Waals surface area contributed by atoms with Crippen molar-refractivity contribution < 1.29 is 19.2 Å². The minimum Gasteiger partial charge on any atom is -0.489 e. The highest BCUT2D eigenvalue weighted by atomic mass is 127. The topological polar surface area (TPSA) is 91.0 Å². The number of aliphatic imine (C=N–C) groups is 1. The highest BCUT2D eigenvalue weighted by Gasteiger charge is 2.26. The van der Waals surface area contributed by atoms with E-state index in [0.717, 1.165) is 24.9 Å². The van der Waals surface area contributed by atoms with Gasteiger partial charge >= 0.3 is 5.97 Å². The number of carbonyl (C=O) groups excluding carboxylic acids is 1. The van der Waals surface area contributed by atoms with Gasteiger partial charge in [0.1, 0.15) is 5.75 Å². The van der Waals surface area contributed by atoms with Crippen molar-refractivity contribution in [3.8, 4) is 5.75 Å². The normalized spacial score (nSPS) is 15.7. The summed E-state index contributed by atoms with van der Waals surface area (Å²) < 4.78 is 13.0. The number of cyclic esters (lactones) is 1. The number of nitro benzene ring substituents is 1. The smallest absolute Gasteiger partial charge is 0.363 e. The van der Waals surface area contributed by atoms with Crippen LogP contribution in [-0.4, -0.2) is 22.9 Å². The first-order valence-corrected chi connectivity index (χ1v) is 11.4. The van der Waals surface area contributed by atoms with Gasteiger partial charge in [-0.05, 0) is 88.4 Å². The Morgan fingerprint density at radius 2 is 1.97 bits per heavy atom. The molecule has 0 fully saturated rings. The molecule has 1 aliphatic heterocycles. The lowest BCUT2D eigenvalue weighted by molar-refractivity contribution is -0.384. The number of halogens is 3. The molecule has 2 aromatic carbocycles. The predicted molar refractivity (Wildman–Crippen MR) is 131 cm³/mol. The molecule has 1 heterocycles. The number of nitro groups is 1. The van der Waals surface area contributed by atoms with E-state index in [2.05, 4.69) is 57.1 Å². The lowest BCUT2D eigenvalue weighted by Gasteiger charge is -2.16. The molecule has 0 aromatic heterocycles. The monoisotopic (exact) mass is 652 g/mol. The fraction of sp³-hybridized carbons (Fsp3) is 0.200. The molecule has 30 heavy (non-hydrogen) atoms. The summed E-state index contributed by atoms with van der Waals surface area (Å²) in [5, 5.41) is 10.9. The van der Waals surface area contributed by atoms with Gasteiger partial charge in [-0.2, -0.15) is 0 Å². The van der Waals surface area contributed by atoms with Crippen molar-refractivity contribution in [2.75, 3.05) is 0 Å². The molecule has 1 aliphatic rings. The Hall–Kier alpha value is -1.73. The zero-order valence-electron chi connectivity index (χ0n) is 15.8. The largest absolute Gasteiger partial charge is 0.489 e. The van der Waals surface area contributed by atoms with E-state index in [4.69, 9.17) is 21.1 Å². The van der Waals surface area contributed by atoms with E-state index in [9.17, 15) is 14.9 Å². The lowest BCUT2D eigenvalue weighted by atomic mass is 10.2. The Kier molecular flexibility index (Phi) is 7.34. The van der Waals surface area contributed by atoms with Gasteiger partial charge in [-0.15, -0.1) is 0 Å². The molecule has 0 radical (unpaired) electrons. The number of hydrogen-bond donors (Lipinski definition) is 0. The molecule has 0 saturated carbocycles. The molecular weight excluding hydrogens is 637 g/mol. The van der Waals surface area contributed by atoms with Crippen LogP contribution in [0.1, 0.15) is 31.4 Å². The number of rotatable bonds is 6. The molecule has 0 saturated heterocycles. The van der Waals surface area contributed by atoms with Gasteiger partial charge in [0.05, 0.1) is 28.8 Å². The van der Waals surface area contributed by atoms with Crippen molar-refractivity contribution in [3.63, 3.8) is 0 Å². The van der Waals surface area contributed by atoms with Crippen molar-refractivity contribution >= 4 is 80.4 Å². The number of nitrogens with zero attached hydrogens (tertiary/aromatic N) is 2. The summed E-state index contributed by atoms with van der Waals surface area (Å²) in [5.74, 6) is 0.195. The zero-order chi connectivity index (χ0) is 22.0. The summed E-state index contributed by atoms with van der Waals surface area (Å²) in [6.07, 6.45) is 2.61. The molecule has 0 bridgehead atoms. The van der Waals surface area contributed by atoms with Crippen LogP contribution in [0.4, 0.5) is 5.69 Å². The third-order valence-corrected chi connectivity index (χ3v) is 6.15. The molecule has 7 nitrogen and oxygen atoms in total. The van der Waals surface area contributed by atoms with Crippen LogP contribution >= 0.6 is 56.8 Å². The van der Waals surface area contributed by atoms with Gasteiger partial charge in [0.25, 0.3) is 5.69 Å².